The predicted molar refractivity (Wildman–Crippen MR) is 80.4 cm³/mol. The van der Waals surface area contributed by atoms with Crippen molar-refractivity contribution in [1.29, 1.82) is 0 Å². The quantitative estimate of drug-likeness (QED) is 0.850. The second-order valence-corrected chi connectivity index (χ2v) is 6.63. The number of hydrogen-bond acceptors (Lipinski definition) is 2. The van der Waals surface area contributed by atoms with Gasteiger partial charge in [0.15, 0.2) is 0 Å². The first-order valence-electron chi connectivity index (χ1n) is 7.84. The van der Waals surface area contributed by atoms with Gasteiger partial charge in [-0.2, -0.15) is 5.10 Å². The molecule has 0 bridgehead atoms. The molecular formula is C16H29N3. The van der Waals surface area contributed by atoms with Crippen molar-refractivity contribution in [3.63, 3.8) is 0 Å². The minimum atomic E-state index is 0.294. The molecule has 0 aliphatic carbocycles. The molecule has 3 heteroatoms. The van der Waals surface area contributed by atoms with Gasteiger partial charge in [-0.05, 0) is 51.1 Å². The van der Waals surface area contributed by atoms with Gasteiger partial charge < -0.3 is 5.32 Å². The van der Waals surface area contributed by atoms with E-state index in [1.165, 1.54) is 31.5 Å². The maximum absolute atomic E-state index is 4.77. The van der Waals surface area contributed by atoms with Crippen molar-refractivity contribution in [2.24, 2.45) is 5.92 Å². The Morgan fingerprint density at radius 1 is 1.42 bits per heavy atom. The van der Waals surface area contributed by atoms with Crippen LogP contribution in [0, 0.1) is 5.92 Å². The summed E-state index contributed by atoms with van der Waals surface area (Å²) in [6, 6.07) is 2.71. The van der Waals surface area contributed by atoms with Gasteiger partial charge in [0.2, 0.25) is 0 Å². The molecule has 1 aromatic heterocycles. The van der Waals surface area contributed by atoms with E-state index in [0.29, 0.717) is 11.6 Å². The first-order valence-corrected chi connectivity index (χ1v) is 7.84. The van der Waals surface area contributed by atoms with E-state index in [2.05, 4.69) is 50.0 Å². The highest BCUT2D eigenvalue weighted by molar-refractivity contribution is 5.08. The molecule has 0 spiro atoms. The van der Waals surface area contributed by atoms with Crippen LogP contribution in [0.25, 0.3) is 0 Å². The number of hydrogen-bond donors (Lipinski definition) is 1. The summed E-state index contributed by atoms with van der Waals surface area (Å²) in [6.45, 7) is 10.2. The molecule has 19 heavy (non-hydrogen) atoms. The first-order chi connectivity index (χ1) is 9.04. The summed E-state index contributed by atoms with van der Waals surface area (Å²) in [5.74, 6) is 0.738. The molecule has 0 radical (unpaired) electrons. The van der Waals surface area contributed by atoms with E-state index in [-0.39, 0.29) is 0 Å². The normalized spacial score (nSPS) is 25.1. The average molecular weight is 263 g/mol. The Bertz CT molecular complexity index is 388. The predicted octanol–water partition coefficient (Wildman–Crippen LogP) is 3.56. The Balaban J connectivity index is 2.07. The smallest absolute Gasteiger partial charge is 0.0643 e. The average Bonchev–Trinajstić information content (AvgIpc) is 2.98. The van der Waals surface area contributed by atoms with E-state index < -0.39 is 0 Å². The van der Waals surface area contributed by atoms with Crippen molar-refractivity contribution in [2.75, 3.05) is 6.54 Å². The molecule has 2 atom stereocenters. The Hall–Kier alpha value is -0.830. The Morgan fingerprint density at radius 2 is 2.21 bits per heavy atom. The van der Waals surface area contributed by atoms with Gasteiger partial charge in [-0.25, -0.2) is 0 Å². The van der Waals surface area contributed by atoms with Crippen molar-refractivity contribution in [3.05, 3.63) is 18.0 Å². The third-order valence-electron chi connectivity index (χ3n) is 4.36. The van der Waals surface area contributed by atoms with Crippen molar-refractivity contribution >= 4 is 0 Å². The van der Waals surface area contributed by atoms with Crippen LogP contribution in [0.15, 0.2) is 12.3 Å². The van der Waals surface area contributed by atoms with Crippen LogP contribution in [-0.2, 0) is 6.42 Å². The molecule has 2 unspecified atom stereocenters. The number of aromatic nitrogens is 2. The molecule has 2 rings (SSSR count). The molecule has 0 amide bonds. The molecule has 0 saturated carbocycles. The van der Waals surface area contributed by atoms with Crippen LogP contribution in [0.3, 0.4) is 0 Å². The van der Waals surface area contributed by atoms with Crippen LogP contribution < -0.4 is 5.32 Å². The lowest BCUT2D eigenvalue weighted by Gasteiger charge is -2.31. The fourth-order valence-corrected chi connectivity index (χ4v) is 3.30. The maximum atomic E-state index is 4.77. The molecule has 1 aliphatic heterocycles. The van der Waals surface area contributed by atoms with Gasteiger partial charge in [0.1, 0.15) is 0 Å². The Labute approximate surface area is 117 Å². The number of nitrogens with one attached hydrogen (secondary N) is 1. The first kappa shape index (κ1) is 14.6. The minimum absolute atomic E-state index is 0.294. The maximum Gasteiger partial charge on any atom is 0.0643 e. The lowest BCUT2D eigenvalue weighted by molar-refractivity contribution is 0.298. The van der Waals surface area contributed by atoms with Crippen LogP contribution in [0.1, 0.15) is 65.1 Å². The molecular weight excluding hydrogens is 234 g/mol. The SMILES string of the molecule is CCC(C)n1ccc(CC2(CC(C)C)CCCN2)n1. The second kappa shape index (κ2) is 6.08. The highest BCUT2D eigenvalue weighted by atomic mass is 15.3. The summed E-state index contributed by atoms with van der Waals surface area (Å²) in [6.07, 6.45) is 8.20. The van der Waals surface area contributed by atoms with E-state index in [0.717, 1.165) is 18.8 Å². The summed E-state index contributed by atoms with van der Waals surface area (Å²) in [5.41, 5.74) is 1.54. The van der Waals surface area contributed by atoms with Crippen molar-refractivity contribution in [3.8, 4) is 0 Å². The topological polar surface area (TPSA) is 29.9 Å². The highest BCUT2D eigenvalue weighted by Crippen LogP contribution is 2.30. The lowest BCUT2D eigenvalue weighted by atomic mass is 9.83. The summed E-state index contributed by atoms with van der Waals surface area (Å²) in [4.78, 5) is 0. The highest BCUT2D eigenvalue weighted by Gasteiger charge is 2.34. The molecule has 1 fully saturated rings. The van der Waals surface area contributed by atoms with Crippen LogP contribution >= 0.6 is 0 Å². The monoisotopic (exact) mass is 263 g/mol. The lowest BCUT2D eigenvalue weighted by Crippen LogP contribution is -2.43. The Kier molecular flexibility index (Phi) is 4.67. The molecule has 1 saturated heterocycles. The van der Waals surface area contributed by atoms with Crippen LogP contribution in [0.4, 0.5) is 0 Å². The fourth-order valence-electron chi connectivity index (χ4n) is 3.30. The molecule has 1 aromatic rings. The van der Waals surface area contributed by atoms with Crippen LogP contribution in [0.2, 0.25) is 0 Å². The molecule has 1 aliphatic rings. The zero-order chi connectivity index (χ0) is 13.9. The van der Waals surface area contributed by atoms with Gasteiger partial charge in [0.25, 0.3) is 0 Å². The molecule has 108 valence electrons. The number of nitrogens with zero attached hydrogens (tertiary/aromatic N) is 2. The van der Waals surface area contributed by atoms with Crippen molar-refractivity contribution in [1.82, 2.24) is 15.1 Å². The standard InChI is InChI=1S/C16H29N3/c1-5-14(4)19-10-7-15(18-19)12-16(11-13(2)3)8-6-9-17-16/h7,10,13-14,17H,5-6,8-9,11-12H2,1-4H3. The van der Waals surface area contributed by atoms with Crippen LogP contribution in [-0.4, -0.2) is 21.9 Å². The fraction of sp³-hybridized carbons (Fsp3) is 0.812. The Morgan fingerprint density at radius 3 is 2.79 bits per heavy atom. The third kappa shape index (κ3) is 3.59. The van der Waals surface area contributed by atoms with Gasteiger partial charge in [0.05, 0.1) is 5.69 Å². The zero-order valence-corrected chi connectivity index (χ0v) is 12.9. The van der Waals surface area contributed by atoms with Gasteiger partial charge >= 0.3 is 0 Å². The summed E-state index contributed by atoms with van der Waals surface area (Å²) in [5, 5.41) is 8.53. The van der Waals surface area contributed by atoms with Gasteiger partial charge in [-0.15, -0.1) is 0 Å². The van der Waals surface area contributed by atoms with Gasteiger partial charge in [-0.3, -0.25) is 4.68 Å². The van der Waals surface area contributed by atoms with Crippen LogP contribution in [0.5, 0.6) is 0 Å². The van der Waals surface area contributed by atoms with E-state index in [4.69, 9.17) is 5.10 Å². The molecule has 1 N–H and O–H groups in total. The van der Waals surface area contributed by atoms with Gasteiger partial charge in [-0.1, -0.05) is 20.8 Å². The summed E-state index contributed by atoms with van der Waals surface area (Å²) < 4.78 is 2.12. The molecule has 3 nitrogen and oxygen atoms in total. The van der Waals surface area contributed by atoms with E-state index >= 15 is 0 Å². The summed E-state index contributed by atoms with van der Waals surface area (Å²) in [7, 11) is 0. The zero-order valence-electron chi connectivity index (χ0n) is 12.9. The van der Waals surface area contributed by atoms with E-state index in [1.807, 2.05) is 0 Å². The largest absolute Gasteiger partial charge is 0.311 e. The van der Waals surface area contributed by atoms with Gasteiger partial charge in [0, 0.05) is 24.2 Å². The van der Waals surface area contributed by atoms with E-state index in [9.17, 15) is 0 Å². The molecule has 0 aromatic carbocycles. The minimum Gasteiger partial charge on any atom is -0.311 e. The second-order valence-electron chi connectivity index (χ2n) is 6.63. The summed E-state index contributed by atoms with van der Waals surface area (Å²) >= 11 is 0. The third-order valence-corrected chi connectivity index (χ3v) is 4.36. The van der Waals surface area contributed by atoms with E-state index in [1.54, 1.807) is 0 Å². The van der Waals surface area contributed by atoms with Crippen molar-refractivity contribution < 1.29 is 0 Å². The van der Waals surface area contributed by atoms with Crippen molar-refractivity contribution in [2.45, 2.75) is 71.4 Å². The molecule has 2 heterocycles. The number of rotatable bonds is 6.